The molecule has 0 spiro atoms. The minimum absolute atomic E-state index is 0.480. The standard InChI is InChI=1S/C18H25ClN4O2/c1-5-6-7-8-20-17-9-12(2)21-18(23-17)22-14-11-15(24-3)13(19)10-16(14)25-4/h9-11H,5-8H2,1-4H3,(H2,20,21,22,23). The van der Waals surface area contributed by atoms with Crippen LogP contribution in [0.25, 0.3) is 0 Å². The van der Waals surface area contributed by atoms with Gasteiger partial charge in [-0.2, -0.15) is 4.98 Å². The van der Waals surface area contributed by atoms with Crippen molar-refractivity contribution < 1.29 is 9.47 Å². The zero-order chi connectivity index (χ0) is 18.2. The fourth-order valence-electron chi connectivity index (χ4n) is 2.39. The maximum absolute atomic E-state index is 6.14. The van der Waals surface area contributed by atoms with E-state index in [2.05, 4.69) is 27.5 Å². The smallest absolute Gasteiger partial charge is 0.229 e. The van der Waals surface area contributed by atoms with Gasteiger partial charge in [-0.1, -0.05) is 31.4 Å². The number of hydrogen-bond donors (Lipinski definition) is 2. The van der Waals surface area contributed by atoms with Gasteiger partial charge in [-0.3, -0.25) is 0 Å². The molecule has 0 bridgehead atoms. The van der Waals surface area contributed by atoms with Crippen LogP contribution in [0.5, 0.6) is 11.5 Å². The zero-order valence-corrected chi connectivity index (χ0v) is 15.9. The van der Waals surface area contributed by atoms with Gasteiger partial charge in [0.1, 0.15) is 17.3 Å². The van der Waals surface area contributed by atoms with Gasteiger partial charge >= 0.3 is 0 Å². The summed E-state index contributed by atoms with van der Waals surface area (Å²) in [5.41, 5.74) is 1.56. The van der Waals surface area contributed by atoms with Crippen LogP contribution in [0.15, 0.2) is 18.2 Å². The molecule has 7 heteroatoms. The van der Waals surface area contributed by atoms with E-state index in [0.717, 1.165) is 24.5 Å². The number of nitrogens with one attached hydrogen (secondary N) is 2. The number of aryl methyl sites for hydroxylation is 1. The Morgan fingerprint density at radius 3 is 2.48 bits per heavy atom. The van der Waals surface area contributed by atoms with Gasteiger partial charge < -0.3 is 20.1 Å². The molecule has 0 radical (unpaired) electrons. The highest BCUT2D eigenvalue weighted by Gasteiger charge is 2.12. The lowest BCUT2D eigenvalue weighted by atomic mass is 10.2. The first-order valence-corrected chi connectivity index (χ1v) is 8.73. The van der Waals surface area contributed by atoms with Crippen molar-refractivity contribution in [1.29, 1.82) is 0 Å². The number of nitrogens with zero attached hydrogens (tertiary/aromatic N) is 2. The average molecular weight is 365 g/mol. The Balaban J connectivity index is 2.20. The summed E-state index contributed by atoms with van der Waals surface area (Å²) < 4.78 is 10.6. The molecule has 1 aromatic carbocycles. The molecule has 1 heterocycles. The zero-order valence-electron chi connectivity index (χ0n) is 15.1. The molecule has 2 N–H and O–H groups in total. The maximum atomic E-state index is 6.14. The summed E-state index contributed by atoms with van der Waals surface area (Å²) >= 11 is 6.14. The van der Waals surface area contributed by atoms with Gasteiger partial charge in [-0.05, 0) is 13.3 Å². The minimum atomic E-state index is 0.480. The van der Waals surface area contributed by atoms with Crippen LogP contribution in [-0.2, 0) is 0 Å². The highest BCUT2D eigenvalue weighted by atomic mass is 35.5. The summed E-state index contributed by atoms with van der Waals surface area (Å²) in [6, 6.07) is 5.39. The third kappa shape index (κ3) is 5.39. The van der Waals surface area contributed by atoms with Gasteiger partial charge in [-0.15, -0.1) is 0 Å². The minimum Gasteiger partial charge on any atom is -0.495 e. The number of aromatic nitrogens is 2. The van der Waals surface area contributed by atoms with Crippen LogP contribution >= 0.6 is 11.6 Å². The second kappa shape index (κ2) is 9.32. The van der Waals surface area contributed by atoms with Crippen LogP contribution < -0.4 is 20.1 Å². The van der Waals surface area contributed by atoms with E-state index in [9.17, 15) is 0 Å². The Hall–Kier alpha value is -2.21. The molecule has 6 nitrogen and oxygen atoms in total. The van der Waals surface area contributed by atoms with Crippen LogP contribution in [0.1, 0.15) is 31.9 Å². The van der Waals surface area contributed by atoms with Crippen LogP contribution in [0.2, 0.25) is 5.02 Å². The van der Waals surface area contributed by atoms with Gasteiger partial charge in [-0.25, -0.2) is 4.98 Å². The number of unbranched alkanes of at least 4 members (excludes halogenated alkanes) is 2. The van der Waals surface area contributed by atoms with Gasteiger partial charge in [0.15, 0.2) is 0 Å². The largest absolute Gasteiger partial charge is 0.495 e. The quantitative estimate of drug-likeness (QED) is 0.623. The highest BCUT2D eigenvalue weighted by Crippen LogP contribution is 2.36. The molecule has 25 heavy (non-hydrogen) atoms. The van der Waals surface area contributed by atoms with Gasteiger partial charge in [0.2, 0.25) is 5.95 Å². The van der Waals surface area contributed by atoms with Crippen molar-refractivity contribution in [2.24, 2.45) is 0 Å². The summed E-state index contributed by atoms with van der Waals surface area (Å²) in [5, 5.41) is 7.00. The van der Waals surface area contributed by atoms with Crippen LogP contribution in [0.4, 0.5) is 17.5 Å². The maximum Gasteiger partial charge on any atom is 0.229 e. The molecule has 2 rings (SSSR count). The van der Waals surface area contributed by atoms with E-state index in [1.807, 2.05) is 13.0 Å². The number of rotatable bonds is 9. The van der Waals surface area contributed by atoms with Crippen molar-refractivity contribution >= 4 is 29.1 Å². The molecular formula is C18H25ClN4O2. The number of ether oxygens (including phenoxy) is 2. The van der Waals surface area contributed by atoms with E-state index in [4.69, 9.17) is 21.1 Å². The first-order chi connectivity index (χ1) is 12.1. The fourth-order valence-corrected chi connectivity index (χ4v) is 2.62. The summed E-state index contributed by atoms with van der Waals surface area (Å²) in [4.78, 5) is 8.95. The normalized spacial score (nSPS) is 10.4. The van der Waals surface area contributed by atoms with Gasteiger partial charge in [0, 0.05) is 30.4 Å². The molecule has 0 aliphatic carbocycles. The first-order valence-electron chi connectivity index (χ1n) is 8.35. The number of anilines is 3. The highest BCUT2D eigenvalue weighted by molar-refractivity contribution is 6.32. The fraction of sp³-hybridized carbons (Fsp3) is 0.444. The van der Waals surface area contributed by atoms with E-state index in [-0.39, 0.29) is 0 Å². The third-order valence-corrected chi connectivity index (χ3v) is 3.96. The number of halogens is 1. The molecule has 2 aromatic rings. The van der Waals surface area contributed by atoms with Crippen molar-refractivity contribution in [3.05, 3.63) is 28.9 Å². The molecule has 0 amide bonds. The van der Waals surface area contributed by atoms with Crippen LogP contribution in [0.3, 0.4) is 0 Å². The Morgan fingerprint density at radius 1 is 1.04 bits per heavy atom. The SMILES string of the molecule is CCCCCNc1cc(C)nc(Nc2cc(OC)c(Cl)cc2OC)n1. The Kier molecular flexibility index (Phi) is 7.13. The summed E-state index contributed by atoms with van der Waals surface area (Å²) in [6.45, 7) is 5.01. The molecular weight excluding hydrogens is 340 g/mol. The second-order valence-corrected chi connectivity index (χ2v) is 6.07. The molecule has 0 saturated carbocycles. The molecule has 1 aromatic heterocycles. The second-order valence-electron chi connectivity index (χ2n) is 5.66. The van der Waals surface area contributed by atoms with E-state index in [0.29, 0.717) is 28.2 Å². The molecule has 0 aliphatic rings. The molecule has 0 aliphatic heterocycles. The van der Waals surface area contributed by atoms with Crippen molar-refractivity contribution in [1.82, 2.24) is 9.97 Å². The molecule has 0 fully saturated rings. The lowest BCUT2D eigenvalue weighted by molar-refractivity contribution is 0.405. The topological polar surface area (TPSA) is 68.3 Å². The van der Waals surface area contributed by atoms with E-state index < -0.39 is 0 Å². The molecule has 136 valence electrons. The summed E-state index contributed by atoms with van der Waals surface area (Å²) in [5.74, 6) is 2.43. The van der Waals surface area contributed by atoms with Crippen LogP contribution in [-0.4, -0.2) is 30.7 Å². The molecule has 0 unspecified atom stereocenters. The predicted octanol–water partition coefficient (Wildman–Crippen LogP) is 4.80. The van der Waals surface area contributed by atoms with Crippen LogP contribution in [0, 0.1) is 6.92 Å². The lowest BCUT2D eigenvalue weighted by Crippen LogP contribution is -2.07. The average Bonchev–Trinajstić information content (AvgIpc) is 2.59. The number of methoxy groups -OCH3 is 2. The van der Waals surface area contributed by atoms with E-state index in [1.54, 1.807) is 26.4 Å². The van der Waals surface area contributed by atoms with Crippen molar-refractivity contribution in [2.75, 3.05) is 31.4 Å². The Labute approximate surface area is 153 Å². The van der Waals surface area contributed by atoms with Crippen molar-refractivity contribution in [2.45, 2.75) is 33.1 Å². The van der Waals surface area contributed by atoms with Crippen molar-refractivity contribution in [3.63, 3.8) is 0 Å². The van der Waals surface area contributed by atoms with E-state index >= 15 is 0 Å². The number of benzene rings is 1. The predicted molar refractivity (Wildman–Crippen MR) is 103 cm³/mol. The Morgan fingerprint density at radius 2 is 1.80 bits per heavy atom. The summed E-state index contributed by atoms with van der Waals surface area (Å²) in [6.07, 6.45) is 3.50. The third-order valence-electron chi connectivity index (χ3n) is 3.66. The molecule has 0 atom stereocenters. The number of hydrogen-bond acceptors (Lipinski definition) is 6. The van der Waals surface area contributed by atoms with Gasteiger partial charge in [0.05, 0.1) is 24.9 Å². The summed E-state index contributed by atoms with van der Waals surface area (Å²) in [7, 11) is 3.15. The molecule has 0 saturated heterocycles. The lowest BCUT2D eigenvalue weighted by Gasteiger charge is -2.14. The van der Waals surface area contributed by atoms with Gasteiger partial charge in [0.25, 0.3) is 0 Å². The first kappa shape index (κ1) is 19.1. The monoisotopic (exact) mass is 364 g/mol. The van der Waals surface area contributed by atoms with E-state index in [1.165, 1.54) is 12.8 Å². The Bertz CT molecular complexity index is 710. The van der Waals surface area contributed by atoms with Crippen molar-refractivity contribution in [3.8, 4) is 11.5 Å².